The van der Waals surface area contributed by atoms with Gasteiger partial charge in [-0.25, -0.2) is 12.8 Å². The number of hydrogen-bond acceptors (Lipinski definition) is 5. The van der Waals surface area contributed by atoms with Gasteiger partial charge in [-0.2, -0.15) is 9.29 Å². The summed E-state index contributed by atoms with van der Waals surface area (Å²) in [6.45, 7) is 0.669. The Labute approximate surface area is 167 Å². The molecule has 2 aromatic carbocycles. The van der Waals surface area contributed by atoms with Crippen molar-refractivity contribution < 1.29 is 17.3 Å². The standard InChI is InChI=1S/C19H17ClFN3O3S/c20-15-6-8-17(9-7-15)28(25,26)24-10-2-4-14(12-24)19-22-18(23-27-19)13-3-1-5-16(21)11-13/h1,3,5-9,11,14H,2,4,10,12H2. The molecule has 1 aromatic heterocycles. The van der Waals surface area contributed by atoms with Gasteiger partial charge in [-0.15, -0.1) is 0 Å². The molecule has 1 aliphatic rings. The molecule has 0 radical (unpaired) electrons. The molecule has 2 heterocycles. The first-order chi connectivity index (χ1) is 13.4. The van der Waals surface area contributed by atoms with E-state index in [0.29, 0.717) is 29.4 Å². The Morgan fingerprint density at radius 3 is 2.71 bits per heavy atom. The quantitative estimate of drug-likeness (QED) is 0.634. The van der Waals surface area contributed by atoms with Crippen molar-refractivity contribution in [2.75, 3.05) is 13.1 Å². The maximum atomic E-state index is 13.4. The molecule has 1 fully saturated rings. The molecule has 6 nitrogen and oxygen atoms in total. The Kier molecular flexibility index (Phi) is 5.18. The number of hydrogen-bond donors (Lipinski definition) is 0. The van der Waals surface area contributed by atoms with E-state index in [2.05, 4.69) is 10.1 Å². The van der Waals surface area contributed by atoms with E-state index < -0.39 is 10.0 Å². The molecule has 4 rings (SSSR count). The molecule has 0 spiro atoms. The van der Waals surface area contributed by atoms with E-state index in [1.54, 1.807) is 24.3 Å². The van der Waals surface area contributed by atoms with Gasteiger partial charge in [0.1, 0.15) is 5.82 Å². The third kappa shape index (κ3) is 3.80. The number of aromatic nitrogens is 2. The van der Waals surface area contributed by atoms with Crippen molar-refractivity contribution in [1.29, 1.82) is 0 Å². The molecular weight excluding hydrogens is 405 g/mol. The van der Waals surface area contributed by atoms with Gasteiger partial charge in [-0.1, -0.05) is 28.9 Å². The van der Waals surface area contributed by atoms with Crippen LogP contribution in [-0.2, 0) is 10.0 Å². The van der Waals surface area contributed by atoms with Crippen LogP contribution in [0.4, 0.5) is 4.39 Å². The maximum Gasteiger partial charge on any atom is 0.243 e. The minimum absolute atomic E-state index is 0.198. The van der Waals surface area contributed by atoms with Crippen LogP contribution < -0.4 is 0 Å². The summed E-state index contributed by atoms with van der Waals surface area (Å²) in [6.07, 6.45) is 1.41. The number of halogens is 2. The van der Waals surface area contributed by atoms with Crippen LogP contribution in [0.1, 0.15) is 24.7 Å². The lowest BCUT2D eigenvalue weighted by molar-refractivity contribution is 0.265. The minimum Gasteiger partial charge on any atom is -0.339 e. The Hall–Kier alpha value is -2.29. The predicted molar refractivity (Wildman–Crippen MR) is 102 cm³/mol. The summed E-state index contributed by atoms with van der Waals surface area (Å²) in [5.41, 5.74) is 0.511. The number of nitrogens with zero attached hydrogens (tertiary/aromatic N) is 3. The monoisotopic (exact) mass is 421 g/mol. The van der Waals surface area contributed by atoms with Crippen molar-refractivity contribution >= 4 is 21.6 Å². The Morgan fingerprint density at radius 1 is 1.18 bits per heavy atom. The van der Waals surface area contributed by atoms with Gasteiger partial charge in [0.2, 0.25) is 21.7 Å². The summed E-state index contributed by atoms with van der Waals surface area (Å²) >= 11 is 5.85. The van der Waals surface area contributed by atoms with Crippen molar-refractivity contribution in [3.63, 3.8) is 0 Å². The number of benzene rings is 2. The van der Waals surface area contributed by atoms with E-state index in [4.69, 9.17) is 16.1 Å². The fourth-order valence-corrected chi connectivity index (χ4v) is 4.91. The second-order valence-electron chi connectivity index (χ2n) is 6.62. The van der Waals surface area contributed by atoms with Gasteiger partial charge in [0.25, 0.3) is 0 Å². The van der Waals surface area contributed by atoms with Crippen molar-refractivity contribution in [3.05, 3.63) is 65.3 Å². The summed E-state index contributed by atoms with van der Waals surface area (Å²) in [5, 5.41) is 4.40. The molecule has 28 heavy (non-hydrogen) atoms. The van der Waals surface area contributed by atoms with E-state index in [1.807, 2.05) is 0 Å². The average Bonchev–Trinajstić information content (AvgIpc) is 3.19. The molecule has 0 N–H and O–H groups in total. The van der Waals surface area contributed by atoms with Gasteiger partial charge in [0.15, 0.2) is 0 Å². The Bertz CT molecular complexity index is 1090. The molecule has 0 saturated carbocycles. The lowest BCUT2D eigenvalue weighted by Gasteiger charge is -2.30. The lowest BCUT2D eigenvalue weighted by Crippen LogP contribution is -2.39. The van der Waals surface area contributed by atoms with Crippen molar-refractivity contribution in [3.8, 4) is 11.4 Å². The van der Waals surface area contributed by atoms with Crippen LogP contribution in [0, 0.1) is 5.82 Å². The number of sulfonamides is 1. The fourth-order valence-electron chi connectivity index (χ4n) is 3.26. The van der Waals surface area contributed by atoms with Crippen molar-refractivity contribution in [2.24, 2.45) is 0 Å². The summed E-state index contributed by atoms with van der Waals surface area (Å²) in [5.74, 6) is 0.0369. The first-order valence-electron chi connectivity index (χ1n) is 8.79. The van der Waals surface area contributed by atoms with Crippen molar-refractivity contribution in [1.82, 2.24) is 14.4 Å². The number of piperidine rings is 1. The van der Waals surface area contributed by atoms with E-state index in [-0.39, 0.29) is 29.0 Å². The summed E-state index contributed by atoms with van der Waals surface area (Å²) in [6, 6.07) is 12.0. The molecular formula is C19H17ClFN3O3S. The smallest absolute Gasteiger partial charge is 0.243 e. The fraction of sp³-hybridized carbons (Fsp3) is 0.263. The van der Waals surface area contributed by atoms with Crippen LogP contribution >= 0.6 is 11.6 Å². The lowest BCUT2D eigenvalue weighted by atomic mass is 10.00. The van der Waals surface area contributed by atoms with Gasteiger partial charge in [-0.05, 0) is 49.2 Å². The second kappa shape index (κ2) is 7.62. The van der Waals surface area contributed by atoms with Crippen LogP contribution in [0.5, 0.6) is 0 Å². The molecule has 146 valence electrons. The van der Waals surface area contributed by atoms with E-state index in [1.165, 1.54) is 28.6 Å². The molecule has 0 aliphatic carbocycles. The third-order valence-corrected chi connectivity index (χ3v) is 6.84. The maximum absolute atomic E-state index is 13.4. The van der Waals surface area contributed by atoms with Crippen LogP contribution in [-0.4, -0.2) is 36.0 Å². The van der Waals surface area contributed by atoms with Crippen LogP contribution in [0.2, 0.25) is 5.02 Å². The summed E-state index contributed by atoms with van der Waals surface area (Å²) in [7, 11) is -3.64. The largest absolute Gasteiger partial charge is 0.339 e. The third-order valence-electron chi connectivity index (χ3n) is 4.71. The Balaban J connectivity index is 1.55. The molecule has 1 saturated heterocycles. The summed E-state index contributed by atoms with van der Waals surface area (Å²) < 4.78 is 46.0. The van der Waals surface area contributed by atoms with E-state index >= 15 is 0 Å². The SMILES string of the molecule is O=S(=O)(c1ccc(Cl)cc1)N1CCCC(c2nc(-c3cccc(F)c3)no2)C1. The van der Waals surface area contributed by atoms with Gasteiger partial charge in [0, 0.05) is 23.7 Å². The zero-order valence-electron chi connectivity index (χ0n) is 14.8. The van der Waals surface area contributed by atoms with Crippen molar-refractivity contribution in [2.45, 2.75) is 23.7 Å². The molecule has 3 aromatic rings. The molecule has 1 aliphatic heterocycles. The summed E-state index contributed by atoms with van der Waals surface area (Å²) in [4.78, 5) is 4.56. The highest BCUT2D eigenvalue weighted by atomic mass is 35.5. The molecule has 0 amide bonds. The number of rotatable bonds is 4. The van der Waals surface area contributed by atoms with Crippen LogP contribution in [0.3, 0.4) is 0 Å². The van der Waals surface area contributed by atoms with Gasteiger partial charge in [-0.3, -0.25) is 0 Å². The molecule has 1 atom stereocenters. The topological polar surface area (TPSA) is 76.3 Å². The van der Waals surface area contributed by atoms with Gasteiger partial charge in [0.05, 0.1) is 10.8 Å². The predicted octanol–water partition coefficient (Wildman–Crippen LogP) is 4.10. The highest BCUT2D eigenvalue weighted by Gasteiger charge is 2.33. The van der Waals surface area contributed by atoms with Crippen LogP contribution in [0.25, 0.3) is 11.4 Å². The molecule has 0 bridgehead atoms. The highest BCUT2D eigenvalue weighted by Crippen LogP contribution is 2.31. The van der Waals surface area contributed by atoms with E-state index in [9.17, 15) is 12.8 Å². The molecule has 9 heteroatoms. The normalized spacial score (nSPS) is 18.3. The highest BCUT2D eigenvalue weighted by molar-refractivity contribution is 7.89. The first kappa shape index (κ1) is 19.0. The molecule has 1 unspecified atom stereocenters. The average molecular weight is 422 g/mol. The first-order valence-corrected chi connectivity index (χ1v) is 10.6. The van der Waals surface area contributed by atoms with E-state index in [0.717, 1.165) is 6.42 Å². The zero-order valence-corrected chi connectivity index (χ0v) is 16.3. The minimum atomic E-state index is -3.64. The van der Waals surface area contributed by atoms with Gasteiger partial charge >= 0.3 is 0 Å². The Morgan fingerprint density at radius 2 is 1.96 bits per heavy atom. The van der Waals surface area contributed by atoms with Crippen LogP contribution in [0.15, 0.2) is 57.9 Å². The second-order valence-corrected chi connectivity index (χ2v) is 9.00. The van der Waals surface area contributed by atoms with Gasteiger partial charge < -0.3 is 4.52 Å². The zero-order chi connectivity index (χ0) is 19.7.